The van der Waals surface area contributed by atoms with Crippen LogP contribution in [0, 0.1) is 9.39 Å². The summed E-state index contributed by atoms with van der Waals surface area (Å²) >= 11 is 8.25. The van der Waals surface area contributed by atoms with E-state index in [1.165, 1.54) is 18.3 Å². The van der Waals surface area contributed by atoms with Gasteiger partial charge >= 0.3 is 0 Å². The van der Waals surface area contributed by atoms with Crippen molar-refractivity contribution in [1.82, 2.24) is 4.98 Å². The van der Waals surface area contributed by atoms with Crippen LogP contribution in [0.1, 0.15) is 5.69 Å². The van der Waals surface area contributed by atoms with Crippen molar-refractivity contribution in [3.05, 3.63) is 92.9 Å². The second kappa shape index (κ2) is 9.40. The van der Waals surface area contributed by atoms with Crippen molar-refractivity contribution < 1.29 is 9.13 Å². The molecule has 2 N–H and O–H groups in total. The molecule has 0 bridgehead atoms. The third kappa shape index (κ3) is 5.00. The van der Waals surface area contributed by atoms with Crippen LogP contribution in [0.15, 0.2) is 82.9 Å². The molecule has 0 fully saturated rings. The molecular weight excluding hydrogens is 530 g/mol. The minimum Gasteiger partial charge on any atom is -0.457 e. The number of hydrogen-bond donors (Lipinski definition) is 1. The normalized spacial score (nSPS) is 11.9. The lowest BCUT2D eigenvalue weighted by Crippen LogP contribution is -2.08. The van der Waals surface area contributed by atoms with Crippen LogP contribution < -0.4 is 10.6 Å². The lowest BCUT2D eigenvalue weighted by Gasteiger charge is -2.10. The van der Waals surface area contributed by atoms with E-state index in [0.29, 0.717) is 33.6 Å². The Hall–Kier alpha value is -3.04. The number of hydrazone groups is 1. The zero-order valence-electron chi connectivity index (χ0n) is 16.0. The van der Waals surface area contributed by atoms with Gasteiger partial charge in [-0.1, -0.05) is 17.7 Å². The highest BCUT2D eigenvalue weighted by molar-refractivity contribution is 14.1. The Morgan fingerprint density at radius 2 is 1.87 bits per heavy atom. The molecule has 1 heterocycles. The molecule has 0 amide bonds. The van der Waals surface area contributed by atoms with Crippen molar-refractivity contribution in [2.24, 2.45) is 15.9 Å². The molecule has 0 spiro atoms. The van der Waals surface area contributed by atoms with Gasteiger partial charge in [-0.05, 0) is 89.3 Å². The maximum Gasteiger partial charge on any atom is 0.136 e. The summed E-state index contributed by atoms with van der Waals surface area (Å²) in [6, 6.07) is 20.6. The Morgan fingerprint density at radius 3 is 2.61 bits per heavy atom. The summed E-state index contributed by atoms with van der Waals surface area (Å²) in [6.45, 7) is 0. The number of rotatable bonds is 5. The van der Waals surface area contributed by atoms with E-state index >= 15 is 0 Å². The first kappa shape index (κ1) is 21.2. The Kier molecular flexibility index (Phi) is 6.43. The van der Waals surface area contributed by atoms with Crippen LogP contribution in [0.3, 0.4) is 0 Å². The summed E-state index contributed by atoms with van der Waals surface area (Å²) < 4.78 is 20.0. The molecule has 5 nitrogen and oxygen atoms in total. The van der Waals surface area contributed by atoms with Gasteiger partial charge in [0, 0.05) is 8.96 Å². The topological polar surface area (TPSA) is 72.9 Å². The Bertz CT molecular complexity index is 1310. The molecule has 0 aliphatic carbocycles. The monoisotopic (exact) mass is 544 g/mol. The van der Waals surface area contributed by atoms with Gasteiger partial charge in [0.25, 0.3) is 0 Å². The fourth-order valence-electron chi connectivity index (χ4n) is 2.85. The molecule has 1 aromatic heterocycles. The molecule has 0 unspecified atom stereocenters. The van der Waals surface area contributed by atoms with E-state index in [4.69, 9.17) is 22.2 Å². The molecule has 3 aromatic carbocycles. The number of ether oxygens (including phenoxy) is 1. The predicted octanol–water partition coefficient (Wildman–Crippen LogP) is 6.49. The molecule has 0 saturated heterocycles. The number of aromatic nitrogens is 1. The van der Waals surface area contributed by atoms with Crippen molar-refractivity contribution in [3.8, 4) is 11.5 Å². The highest BCUT2D eigenvalue weighted by Gasteiger charge is 2.09. The van der Waals surface area contributed by atoms with Gasteiger partial charge in [0.05, 0.1) is 28.1 Å². The van der Waals surface area contributed by atoms with E-state index in [-0.39, 0.29) is 5.82 Å². The fraction of sp³-hybridized carbons (Fsp3) is 0. The van der Waals surface area contributed by atoms with Crippen molar-refractivity contribution in [1.29, 1.82) is 0 Å². The summed E-state index contributed by atoms with van der Waals surface area (Å²) in [6.07, 6.45) is 1.50. The number of fused-ring (bicyclic) bond motifs is 1. The summed E-state index contributed by atoms with van der Waals surface area (Å²) in [5.74, 6) is 6.58. The van der Waals surface area contributed by atoms with Gasteiger partial charge in [0.1, 0.15) is 23.0 Å². The number of halogens is 3. The Labute approximate surface area is 196 Å². The van der Waals surface area contributed by atoms with E-state index in [9.17, 15) is 4.39 Å². The molecule has 0 atom stereocenters. The highest BCUT2D eigenvalue weighted by Crippen LogP contribution is 2.31. The second-order valence-electron chi connectivity index (χ2n) is 6.45. The summed E-state index contributed by atoms with van der Waals surface area (Å²) in [4.78, 5) is 8.93. The maximum absolute atomic E-state index is 13.1. The predicted molar refractivity (Wildman–Crippen MR) is 131 cm³/mol. The molecule has 0 saturated carbocycles. The SMILES string of the molecule is NN=C(C=Nc1ccc(F)cc1)c1ccc2c(Oc3ccc(Cl)c(I)c3)cccc2n1. The number of nitrogens with two attached hydrogens (primary N) is 1. The summed E-state index contributed by atoms with van der Waals surface area (Å²) in [7, 11) is 0. The lowest BCUT2D eigenvalue weighted by molar-refractivity contribution is 0.488. The third-order valence-corrected chi connectivity index (χ3v) is 5.92. The quantitative estimate of drug-likeness (QED) is 0.135. The van der Waals surface area contributed by atoms with Crippen LogP contribution in [0.4, 0.5) is 10.1 Å². The zero-order valence-corrected chi connectivity index (χ0v) is 18.9. The van der Waals surface area contributed by atoms with Gasteiger partial charge in [0.2, 0.25) is 0 Å². The van der Waals surface area contributed by atoms with Crippen molar-refractivity contribution in [2.45, 2.75) is 0 Å². The number of hydrogen-bond acceptors (Lipinski definition) is 5. The van der Waals surface area contributed by atoms with E-state index in [1.54, 1.807) is 24.3 Å². The van der Waals surface area contributed by atoms with Gasteiger partial charge in [-0.2, -0.15) is 5.10 Å². The standard InChI is InChI=1S/C23H15ClFIN4O/c24-18-10-8-16(12-19(18)26)31-23-3-1-2-20-17(23)9-11-21(29-20)22(30-27)13-28-15-6-4-14(25)5-7-15/h1-13H,27H2. The summed E-state index contributed by atoms with van der Waals surface area (Å²) in [5.41, 5.74) is 2.25. The van der Waals surface area contributed by atoms with Crippen LogP contribution in [0.5, 0.6) is 11.5 Å². The average Bonchev–Trinajstić information content (AvgIpc) is 2.78. The first-order chi connectivity index (χ1) is 15.0. The van der Waals surface area contributed by atoms with Crippen LogP contribution >= 0.6 is 34.2 Å². The van der Waals surface area contributed by atoms with Gasteiger partial charge in [0.15, 0.2) is 0 Å². The molecular formula is C23H15ClFIN4O. The molecule has 31 heavy (non-hydrogen) atoms. The first-order valence-electron chi connectivity index (χ1n) is 9.14. The van der Waals surface area contributed by atoms with Crippen molar-refractivity contribution in [3.63, 3.8) is 0 Å². The van der Waals surface area contributed by atoms with Gasteiger partial charge in [-0.15, -0.1) is 0 Å². The minimum atomic E-state index is -0.325. The number of pyridine rings is 1. The van der Waals surface area contributed by atoms with E-state index in [0.717, 1.165) is 14.5 Å². The van der Waals surface area contributed by atoms with Gasteiger partial charge < -0.3 is 10.6 Å². The van der Waals surface area contributed by atoms with Crippen LogP contribution in [-0.4, -0.2) is 16.9 Å². The van der Waals surface area contributed by atoms with Gasteiger partial charge in [-0.25, -0.2) is 9.37 Å². The van der Waals surface area contributed by atoms with E-state index < -0.39 is 0 Å². The largest absolute Gasteiger partial charge is 0.457 e. The van der Waals surface area contributed by atoms with Crippen molar-refractivity contribution >= 4 is 62.7 Å². The third-order valence-electron chi connectivity index (χ3n) is 4.37. The molecule has 0 aliphatic rings. The first-order valence-corrected chi connectivity index (χ1v) is 10.6. The molecule has 154 valence electrons. The number of aliphatic imine (C=N–C) groups is 1. The average molecular weight is 545 g/mol. The van der Waals surface area contributed by atoms with Gasteiger partial charge in [-0.3, -0.25) is 4.99 Å². The lowest BCUT2D eigenvalue weighted by atomic mass is 10.1. The highest BCUT2D eigenvalue weighted by atomic mass is 127. The summed E-state index contributed by atoms with van der Waals surface area (Å²) in [5, 5.41) is 5.30. The smallest absolute Gasteiger partial charge is 0.136 e. The number of benzene rings is 3. The van der Waals surface area contributed by atoms with E-state index in [2.05, 4.69) is 37.7 Å². The van der Waals surface area contributed by atoms with E-state index in [1.807, 2.05) is 36.4 Å². The molecule has 4 rings (SSSR count). The fourth-order valence-corrected chi connectivity index (χ4v) is 3.46. The van der Waals surface area contributed by atoms with Crippen molar-refractivity contribution in [2.75, 3.05) is 0 Å². The van der Waals surface area contributed by atoms with Crippen LogP contribution in [-0.2, 0) is 0 Å². The Morgan fingerprint density at radius 1 is 1.06 bits per heavy atom. The molecule has 0 aliphatic heterocycles. The molecule has 8 heteroatoms. The number of nitrogens with zero attached hydrogens (tertiary/aromatic N) is 3. The molecule has 0 radical (unpaired) electrons. The minimum absolute atomic E-state index is 0.325. The zero-order chi connectivity index (χ0) is 21.8. The molecule has 4 aromatic rings. The second-order valence-corrected chi connectivity index (χ2v) is 8.02. The maximum atomic E-state index is 13.1. The van der Waals surface area contributed by atoms with Crippen LogP contribution in [0.25, 0.3) is 10.9 Å². The Balaban J connectivity index is 1.63. The van der Waals surface area contributed by atoms with Crippen LogP contribution in [0.2, 0.25) is 5.02 Å².